The summed E-state index contributed by atoms with van der Waals surface area (Å²) in [7, 11) is 0. The number of carbonyl (C=O) groups excluding carboxylic acids is 1. The molecule has 5 atom stereocenters. The number of para-hydroxylation sites is 2. The first kappa shape index (κ1) is 17.4. The van der Waals surface area contributed by atoms with Crippen molar-refractivity contribution in [2.24, 2.45) is 0 Å². The number of benzene rings is 1. The Balaban J connectivity index is 2.27. The van der Waals surface area contributed by atoms with Crippen molar-refractivity contribution >= 4 is 23.4 Å². The summed E-state index contributed by atoms with van der Waals surface area (Å²) in [6.07, 6.45) is -6.44. The predicted molar refractivity (Wildman–Crippen MR) is 87.1 cm³/mol. The summed E-state index contributed by atoms with van der Waals surface area (Å²) in [5.41, 5.74) is 0.501. The van der Waals surface area contributed by atoms with Crippen LogP contribution in [0, 0.1) is 0 Å². The lowest BCUT2D eigenvalue weighted by molar-refractivity contribution is -0.188. The van der Waals surface area contributed by atoms with Crippen LogP contribution in [0.15, 0.2) is 24.3 Å². The SMILES string of the molecule is [2H]CC(=O)N[C@H]1C(Nc2ccccc2NC(=O)O)O[C@H](CO)[C@@H](O)[C@@H]1O. The van der Waals surface area contributed by atoms with Crippen molar-refractivity contribution in [3.05, 3.63) is 24.3 Å². The minimum atomic E-state index is -1.48. The van der Waals surface area contributed by atoms with Gasteiger partial charge in [0.15, 0.2) is 6.23 Å². The van der Waals surface area contributed by atoms with Gasteiger partial charge in [-0.3, -0.25) is 10.1 Å². The van der Waals surface area contributed by atoms with Crippen LogP contribution in [0.1, 0.15) is 8.27 Å². The molecule has 2 rings (SSSR count). The summed E-state index contributed by atoms with van der Waals surface area (Å²) in [6, 6.07) is 5.13. The summed E-state index contributed by atoms with van der Waals surface area (Å²) in [5.74, 6) is -0.698. The van der Waals surface area contributed by atoms with Gasteiger partial charge in [0.2, 0.25) is 5.91 Å². The number of rotatable bonds is 5. The van der Waals surface area contributed by atoms with Crippen LogP contribution in [0.4, 0.5) is 16.2 Å². The van der Waals surface area contributed by atoms with Crippen LogP contribution in [0.25, 0.3) is 0 Å². The number of ether oxygens (including phenoxy) is 1. The lowest BCUT2D eigenvalue weighted by Gasteiger charge is -2.43. The van der Waals surface area contributed by atoms with Crippen molar-refractivity contribution in [3.8, 4) is 0 Å². The zero-order chi connectivity index (χ0) is 19.3. The van der Waals surface area contributed by atoms with E-state index < -0.39 is 56.1 Å². The number of carbonyl (C=O) groups is 2. The second-order valence-corrected chi connectivity index (χ2v) is 5.47. The molecule has 1 aromatic rings. The number of aliphatic hydroxyl groups excluding tert-OH is 3. The molecule has 0 bridgehead atoms. The zero-order valence-corrected chi connectivity index (χ0v) is 13.1. The van der Waals surface area contributed by atoms with Crippen molar-refractivity contribution in [2.75, 3.05) is 17.2 Å². The lowest BCUT2D eigenvalue weighted by atomic mass is 9.95. The summed E-state index contributed by atoms with van der Waals surface area (Å²) in [6.45, 7) is -1.17. The Kier molecular flexibility index (Phi) is 5.66. The fourth-order valence-corrected chi connectivity index (χ4v) is 2.57. The smallest absolute Gasteiger partial charge is 0.409 e. The summed E-state index contributed by atoms with van der Waals surface area (Å²) in [4.78, 5) is 22.5. The predicted octanol–water partition coefficient (Wildman–Crippen LogP) is -0.868. The minimum absolute atomic E-state index is 0.204. The van der Waals surface area contributed by atoms with E-state index in [1.54, 1.807) is 18.2 Å². The van der Waals surface area contributed by atoms with Gasteiger partial charge in [-0.15, -0.1) is 0 Å². The summed E-state index contributed by atoms with van der Waals surface area (Å²) in [5, 5.41) is 45.9. The Morgan fingerprint density at radius 2 is 1.92 bits per heavy atom. The first-order valence-electron chi connectivity index (χ1n) is 8.14. The maximum absolute atomic E-state index is 11.6. The molecule has 0 aliphatic carbocycles. The van der Waals surface area contributed by atoms with E-state index in [2.05, 4.69) is 16.0 Å². The number of amides is 2. The molecule has 1 aliphatic rings. The average molecular weight is 356 g/mol. The van der Waals surface area contributed by atoms with E-state index in [0.717, 1.165) is 0 Å². The first-order chi connectivity index (χ1) is 12.4. The van der Waals surface area contributed by atoms with Crippen molar-refractivity contribution in [3.63, 3.8) is 0 Å². The van der Waals surface area contributed by atoms with E-state index >= 15 is 0 Å². The fourth-order valence-electron chi connectivity index (χ4n) is 2.57. The molecule has 10 heteroatoms. The van der Waals surface area contributed by atoms with Gasteiger partial charge in [0.25, 0.3) is 0 Å². The van der Waals surface area contributed by atoms with Crippen LogP contribution in [-0.4, -0.2) is 69.6 Å². The van der Waals surface area contributed by atoms with Gasteiger partial charge in [0, 0.05) is 8.27 Å². The average Bonchev–Trinajstić information content (AvgIpc) is 2.62. The third kappa shape index (κ3) is 4.57. The fraction of sp³-hybridized carbons (Fsp3) is 0.467. The molecule has 0 spiro atoms. The second kappa shape index (κ2) is 8.12. The van der Waals surface area contributed by atoms with Crippen molar-refractivity contribution in [1.29, 1.82) is 0 Å². The van der Waals surface area contributed by atoms with Crippen LogP contribution in [-0.2, 0) is 9.53 Å². The highest BCUT2D eigenvalue weighted by atomic mass is 16.5. The number of nitrogens with one attached hydrogen (secondary N) is 3. The number of carboxylic acid groups (broad SMARTS) is 1. The molecule has 7 N–H and O–H groups in total. The summed E-state index contributed by atoms with van der Waals surface area (Å²) < 4.78 is 12.6. The number of aliphatic hydroxyl groups is 3. The van der Waals surface area contributed by atoms with E-state index in [1.165, 1.54) is 6.07 Å². The van der Waals surface area contributed by atoms with E-state index in [0.29, 0.717) is 5.69 Å². The zero-order valence-electron chi connectivity index (χ0n) is 14.1. The molecular weight excluding hydrogens is 334 g/mol. The highest BCUT2D eigenvalue weighted by molar-refractivity contribution is 5.88. The molecule has 0 aromatic heterocycles. The highest BCUT2D eigenvalue weighted by Crippen LogP contribution is 2.27. The first-order valence-corrected chi connectivity index (χ1v) is 7.44. The topological polar surface area (TPSA) is 160 Å². The van der Waals surface area contributed by atoms with Crippen LogP contribution in [0.2, 0.25) is 0 Å². The van der Waals surface area contributed by atoms with Crippen molar-refractivity contribution in [2.45, 2.75) is 37.5 Å². The highest BCUT2D eigenvalue weighted by Gasteiger charge is 2.44. The maximum atomic E-state index is 11.6. The normalized spacial score (nSPS) is 29.4. The van der Waals surface area contributed by atoms with Gasteiger partial charge >= 0.3 is 6.09 Å². The molecule has 1 saturated heterocycles. The van der Waals surface area contributed by atoms with Gasteiger partial charge in [-0.25, -0.2) is 4.79 Å². The molecule has 1 aromatic carbocycles. The third-order valence-corrected chi connectivity index (χ3v) is 3.72. The molecule has 0 radical (unpaired) electrons. The van der Waals surface area contributed by atoms with Gasteiger partial charge in [-0.2, -0.15) is 0 Å². The Morgan fingerprint density at radius 1 is 1.24 bits per heavy atom. The van der Waals surface area contributed by atoms with Crippen LogP contribution in [0.5, 0.6) is 0 Å². The van der Waals surface area contributed by atoms with E-state index in [1.807, 2.05) is 0 Å². The largest absolute Gasteiger partial charge is 0.465 e. The molecule has 2 amide bonds. The van der Waals surface area contributed by atoms with Gasteiger partial charge in [0.05, 0.1) is 18.0 Å². The Morgan fingerprint density at radius 3 is 2.52 bits per heavy atom. The molecule has 1 aliphatic heterocycles. The molecule has 0 saturated carbocycles. The van der Waals surface area contributed by atoms with Crippen LogP contribution < -0.4 is 16.0 Å². The third-order valence-electron chi connectivity index (χ3n) is 3.72. The van der Waals surface area contributed by atoms with Crippen molar-refractivity contribution < 1.29 is 36.1 Å². The van der Waals surface area contributed by atoms with Crippen molar-refractivity contribution in [1.82, 2.24) is 5.32 Å². The molecule has 1 fully saturated rings. The second-order valence-electron chi connectivity index (χ2n) is 5.47. The molecule has 25 heavy (non-hydrogen) atoms. The minimum Gasteiger partial charge on any atom is -0.465 e. The Labute approximate surface area is 144 Å². The maximum Gasteiger partial charge on any atom is 0.409 e. The molecular formula is C15H21N3O7. The molecule has 10 nitrogen and oxygen atoms in total. The standard InChI is InChI=1S/C15H21N3O7/c1-7(20)16-11-13(22)12(21)10(6-19)25-14(11)17-8-4-2-3-5-9(8)18-15(23)24/h2-5,10-14,17-19,21-22H,6H2,1H3,(H,16,20)(H,23,24)/t10-,11-,12-,13-,14?/m1/s1/i1D. The van der Waals surface area contributed by atoms with Crippen LogP contribution in [0.3, 0.4) is 0 Å². The Bertz CT molecular complexity index is 647. The van der Waals surface area contributed by atoms with Crippen LogP contribution >= 0.6 is 0 Å². The van der Waals surface area contributed by atoms with E-state index in [-0.39, 0.29) is 5.69 Å². The van der Waals surface area contributed by atoms with Gasteiger partial charge < -0.3 is 35.8 Å². The monoisotopic (exact) mass is 356 g/mol. The molecule has 138 valence electrons. The number of anilines is 2. The van der Waals surface area contributed by atoms with Gasteiger partial charge in [0.1, 0.15) is 24.4 Å². The number of hydrogen-bond acceptors (Lipinski definition) is 7. The van der Waals surface area contributed by atoms with Gasteiger partial charge in [-0.05, 0) is 12.1 Å². The van der Waals surface area contributed by atoms with Gasteiger partial charge in [-0.1, -0.05) is 12.1 Å². The lowest BCUT2D eigenvalue weighted by Crippen LogP contribution is -2.65. The number of hydrogen-bond donors (Lipinski definition) is 7. The Hall–Kier alpha value is -2.40. The van der Waals surface area contributed by atoms with E-state index in [9.17, 15) is 24.9 Å². The molecule has 1 heterocycles. The summed E-state index contributed by atoms with van der Waals surface area (Å²) >= 11 is 0. The molecule has 1 unspecified atom stereocenters. The quantitative estimate of drug-likeness (QED) is 0.358. The van der Waals surface area contributed by atoms with E-state index in [4.69, 9.17) is 11.2 Å².